The minimum Gasteiger partial charge on any atom is -0.502 e. The van der Waals surface area contributed by atoms with Gasteiger partial charge in [0.1, 0.15) is 5.58 Å². The summed E-state index contributed by atoms with van der Waals surface area (Å²) < 4.78 is 5.34. The molecule has 2 aromatic carbocycles. The zero-order valence-corrected chi connectivity index (χ0v) is 14.4. The summed E-state index contributed by atoms with van der Waals surface area (Å²) in [6.07, 6.45) is 0.840. The van der Waals surface area contributed by atoms with Crippen molar-refractivity contribution in [2.45, 2.75) is 0 Å². The molecule has 0 fully saturated rings. The number of halogens is 1. The second kappa shape index (κ2) is 7.32. The lowest BCUT2D eigenvalue weighted by atomic mass is 10.1. The highest BCUT2D eigenvalue weighted by Crippen LogP contribution is 2.33. The first-order chi connectivity index (χ1) is 13.3. The molecule has 28 heavy (non-hydrogen) atoms. The summed E-state index contributed by atoms with van der Waals surface area (Å²) in [5.74, 6) is -1.65. The number of phenolic OH excluding ortho intramolecular Hbond substituents is 1. The van der Waals surface area contributed by atoms with Gasteiger partial charge in [0.25, 0.3) is 5.69 Å². The van der Waals surface area contributed by atoms with E-state index in [1.165, 1.54) is 6.07 Å². The molecular weight excluding hydrogens is 396 g/mol. The number of hydrogen-bond donors (Lipinski definition) is 2. The second-order valence-corrected chi connectivity index (χ2v) is 5.85. The third-order valence-electron chi connectivity index (χ3n) is 3.58. The number of amides is 1. The Morgan fingerprint density at radius 3 is 2.61 bits per heavy atom. The number of phenols is 1. The number of furan rings is 1. The summed E-state index contributed by atoms with van der Waals surface area (Å²) in [6.45, 7) is 0. The van der Waals surface area contributed by atoms with E-state index in [0.29, 0.717) is 22.1 Å². The highest BCUT2D eigenvalue weighted by molar-refractivity contribution is 6.31. The molecule has 0 radical (unpaired) electrons. The third kappa shape index (κ3) is 3.73. The molecule has 12 heteroatoms. The van der Waals surface area contributed by atoms with Gasteiger partial charge in [-0.15, -0.1) is 0 Å². The maximum absolute atomic E-state index is 12.1. The van der Waals surface area contributed by atoms with Gasteiger partial charge in [-0.2, -0.15) is 5.10 Å². The summed E-state index contributed by atoms with van der Waals surface area (Å²) >= 11 is 5.86. The molecule has 1 aromatic heterocycles. The van der Waals surface area contributed by atoms with E-state index in [2.05, 4.69) is 10.5 Å². The maximum atomic E-state index is 12.1. The van der Waals surface area contributed by atoms with Gasteiger partial charge in [-0.25, -0.2) is 5.43 Å². The van der Waals surface area contributed by atoms with E-state index in [9.17, 15) is 30.1 Å². The number of hydrogen-bond acceptors (Lipinski definition) is 8. The number of fused-ring (bicyclic) bond motifs is 1. The molecule has 0 aliphatic carbocycles. The molecule has 0 saturated carbocycles. The average Bonchev–Trinajstić information content (AvgIpc) is 3.05. The van der Waals surface area contributed by atoms with Crippen molar-refractivity contribution in [1.82, 2.24) is 5.43 Å². The van der Waals surface area contributed by atoms with Crippen LogP contribution in [-0.4, -0.2) is 27.1 Å². The van der Waals surface area contributed by atoms with Crippen LogP contribution in [0.3, 0.4) is 0 Å². The van der Waals surface area contributed by atoms with E-state index in [0.717, 1.165) is 12.3 Å². The van der Waals surface area contributed by atoms with Crippen molar-refractivity contribution in [3.63, 3.8) is 0 Å². The number of aromatic hydroxyl groups is 1. The van der Waals surface area contributed by atoms with Crippen molar-refractivity contribution in [2.75, 3.05) is 0 Å². The van der Waals surface area contributed by atoms with E-state index in [1.54, 1.807) is 18.2 Å². The monoisotopic (exact) mass is 404 g/mol. The SMILES string of the molecule is O=C(N/N=C/c1cc([N+](=O)[O-])cc([N+](=O)[O-])c1O)c1cc2cc(Cl)ccc2o1. The molecule has 0 aliphatic rings. The standard InChI is InChI=1S/C16H9ClN4O7/c17-10-1-2-13-8(3-10)5-14(28-13)16(23)19-18-7-9-4-11(20(24)25)6-12(15(9)22)21(26)27/h1-7,22H,(H,19,23)/b18-7+. The third-order valence-corrected chi connectivity index (χ3v) is 3.82. The number of nitro groups is 2. The van der Waals surface area contributed by atoms with Crippen LogP contribution >= 0.6 is 11.6 Å². The normalized spacial score (nSPS) is 11.0. The van der Waals surface area contributed by atoms with Crippen molar-refractivity contribution in [3.05, 3.63) is 73.0 Å². The fraction of sp³-hybridized carbons (Fsp3) is 0. The summed E-state index contributed by atoms with van der Waals surface area (Å²) in [5, 5.41) is 36.3. The van der Waals surface area contributed by atoms with Crippen molar-refractivity contribution < 1.29 is 24.2 Å². The lowest BCUT2D eigenvalue weighted by molar-refractivity contribution is -0.394. The zero-order valence-electron chi connectivity index (χ0n) is 13.7. The molecule has 3 rings (SSSR count). The van der Waals surface area contributed by atoms with Crippen molar-refractivity contribution in [3.8, 4) is 5.75 Å². The molecule has 11 nitrogen and oxygen atoms in total. The first-order valence-electron chi connectivity index (χ1n) is 7.44. The number of non-ortho nitro benzene ring substituents is 1. The predicted octanol–water partition coefficient (Wildman–Crippen LogP) is 3.37. The average molecular weight is 405 g/mol. The Labute approximate surface area is 160 Å². The molecule has 3 aromatic rings. The van der Waals surface area contributed by atoms with E-state index in [-0.39, 0.29) is 11.3 Å². The van der Waals surface area contributed by atoms with Crippen LogP contribution in [0.4, 0.5) is 11.4 Å². The Hall–Kier alpha value is -3.99. The number of nitro benzene ring substituents is 2. The van der Waals surface area contributed by atoms with Crippen LogP contribution in [0.15, 0.2) is 45.9 Å². The quantitative estimate of drug-likeness (QED) is 0.374. The molecule has 0 spiro atoms. The minimum atomic E-state index is -0.974. The first-order valence-corrected chi connectivity index (χ1v) is 7.82. The van der Waals surface area contributed by atoms with Crippen LogP contribution in [0.1, 0.15) is 16.1 Å². The lowest BCUT2D eigenvalue weighted by Crippen LogP contribution is -2.16. The largest absolute Gasteiger partial charge is 0.502 e. The van der Waals surface area contributed by atoms with Gasteiger partial charge in [-0.05, 0) is 24.3 Å². The zero-order chi connectivity index (χ0) is 20.4. The Balaban J connectivity index is 1.84. The number of nitrogens with zero attached hydrogens (tertiary/aromatic N) is 3. The Bertz CT molecular complexity index is 1160. The topological polar surface area (TPSA) is 161 Å². The van der Waals surface area contributed by atoms with Crippen LogP contribution < -0.4 is 5.43 Å². The molecule has 0 aliphatic heterocycles. The van der Waals surface area contributed by atoms with E-state index in [4.69, 9.17) is 16.0 Å². The van der Waals surface area contributed by atoms with Gasteiger partial charge in [0, 0.05) is 16.5 Å². The van der Waals surface area contributed by atoms with Crippen LogP contribution in [-0.2, 0) is 0 Å². The maximum Gasteiger partial charge on any atom is 0.318 e. The molecular formula is C16H9ClN4O7. The van der Waals surface area contributed by atoms with Crippen LogP contribution in [0.5, 0.6) is 5.75 Å². The molecule has 1 amide bonds. The summed E-state index contributed by atoms with van der Waals surface area (Å²) in [7, 11) is 0. The Kier molecular flexibility index (Phi) is 4.92. The van der Waals surface area contributed by atoms with Gasteiger partial charge in [0.05, 0.1) is 27.7 Å². The number of carbonyl (C=O) groups is 1. The molecule has 0 unspecified atom stereocenters. The van der Waals surface area contributed by atoms with Crippen molar-refractivity contribution >= 4 is 46.1 Å². The highest BCUT2D eigenvalue weighted by atomic mass is 35.5. The van der Waals surface area contributed by atoms with Gasteiger partial charge < -0.3 is 9.52 Å². The Morgan fingerprint density at radius 2 is 1.93 bits per heavy atom. The number of carbonyl (C=O) groups excluding carboxylic acids is 1. The van der Waals surface area contributed by atoms with Crippen LogP contribution in [0, 0.1) is 20.2 Å². The predicted molar refractivity (Wildman–Crippen MR) is 97.7 cm³/mol. The van der Waals surface area contributed by atoms with Gasteiger partial charge >= 0.3 is 11.6 Å². The minimum absolute atomic E-state index is 0.0799. The number of rotatable bonds is 5. The first kappa shape index (κ1) is 18.8. The lowest BCUT2D eigenvalue weighted by Gasteiger charge is -2.01. The smallest absolute Gasteiger partial charge is 0.318 e. The van der Waals surface area contributed by atoms with Crippen molar-refractivity contribution in [2.24, 2.45) is 5.10 Å². The second-order valence-electron chi connectivity index (χ2n) is 5.41. The molecule has 0 saturated heterocycles. The Morgan fingerprint density at radius 1 is 1.18 bits per heavy atom. The van der Waals surface area contributed by atoms with E-state index in [1.807, 2.05) is 0 Å². The summed E-state index contributed by atoms with van der Waals surface area (Å²) in [6, 6.07) is 7.69. The van der Waals surface area contributed by atoms with Gasteiger partial charge in [0.2, 0.25) is 5.75 Å². The fourth-order valence-electron chi connectivity index (χ4n) is 2.31. The molecule has 2 N–H and O–H groups in total. The molecule has 142 valence electrons. The van der Waals surface area contributed by atoms with Gasteiger partial charge in [-0.3, -0.25) is 25.0 Å². The van der Waals surface area contributed by atoms with E-state index >= 15 is 0 Å². The number of nitrogens with one attached hydrogen (secondary N) is 1. The molecule has 0 atom stereocenters. The van der Waals surface area contributed by atoms with Gasteiger partial charge in [0.15, 0.2) is 5.76 Å². The fourth-order valence-corrected chi connectivity index (χ4v) is 2.49. The number of hydrazone groups is 1. The summed E-state index contributed by atoms with van der Waals surface area (Å²) in [5.41, 5.74) is 0.717. The van der Waals surface area contributed by atoms with Crippen molar-refractivity contribution in [1.29, 1.82) is 0 Å². The summed E-state index contributed by atoms with van der Waals surface area (Å²) in [4.78, 5) is 32.1. The van der Waals surface area contributed by atoms with E-state index < -0.39 is 32.9 Å². The van der Waals surface area contributed by atoms with Crippen LogP contribution in [0.25, 0.3) is 11.0 Å². The molecule has 1 heterocycles. The van der Waals surface area contributed by atoms with Gasteiger partial charge in [-0.1, -0.05) is 11.6 Å². The number of benzene rings is 2. The van der Waals surface area contributed by atoms with Crippen LogP contribution in [0.2, 0.25) is 5.02 Å². The molecule has 0 bridgehead atoms. The highest BCUT2D eigenvalue weighted by Gasteiger charge is 2.23.